The maximum absolute atomic E-state index is 6.31. The summed E-state index contributed by atoms with van der Waals surface area (Å²) in [5.41, 5.74) is 8.38. The van der Waals surface area contributed by atoms with Crippen LogP contribution in [-0.4, -0.2) is 9.55 Å². The molecule has 0 radical (unpaired) electrons. The maximum Gasteiger partial charge on any atom is 0.126 e. The van der Waals surface area contributed by atoms with Gasteiger partial charge in [-0.3, -0.25) is 0 Å². The van der Waals surface area contributed by atoms with E-state index in [1.54, 1.807) is 0 Å². The quantitative estimate of drug-likeness (QED) is 0.894. The highest BCUT2D eigenvalue weighted by Gasteiger charge is 2.17. The van der Waals surface area contributed by atoms with Crippen molar-refractivity contribution in [3.05, 3.63) is 29.0 Å². The Morgan fingerprint density at radius 1 is 1.37 bits per heavy atom. The Balaban J connectivity index is 2.49. The number of hydrogen-bond donors (Lipinski definition) is 1. The van der Waals surface area contributed by atoms with Crippen LogP contribution in [0.1, 0.15) is 45.5 Å². The van der Waals surface area contributed by atoms with E-state index < -0.39 is 0 Å². The van der Waals surface area contributed by atoms with Crippen LogP contribution in [0.15, 0.2) is 18.2 Å². The molecule has 0 aliphatic rings. The van der Waals surface area contributed by atoms with Gasteiger partial charge >= 0.3 is 0 Å². The van der Waals surface area contributed by atoms with Gasteiger partial charge in [-0.05, 0) is 37.0 Å². The zero-order chi connectivity index (χ0) is 14.0. The molecule has 104 valence electrons. The van der Waals surface area contributed by atoms with Crippen LogP contribution in [-0.2, 0) is 6.54 Å². The Kier molecular flexibility index (Phi) is 4.48. The van der Waals surface area contributed by atoms with E-state index in [4.69, 9.17) is 22.3 Å². The SMILES string of the molecule is CCCn1c(C(N)CC(C)C)nc2cc(Cl)ccc21. The smallest absolute Gasteiger partial charge is 0.126 e. The number of imidazole rings is 1. The minimum absolute atomic E-state index is 0.0160. The fraction of sp³-hybridized carbons (Fsp3) is 0.533. The van der Waals surface area contributed by atoms with E-state index in [1.165, 1.54) is 0 Å². The van der Waals surface area contributed by atoms with Crippen molar-refractivity contribution >= 4 is 22.6 Å². The summed E-state index contributed by atoms with van der Waals surface area (Å²) in [5, 5.41) is 0.720. The second-order valence-electron chi connectivity index (χ2n) is 5.49. The molecule has 1 unspecified atom stereocenters. The lowest BCUT2D eigenvalue weighted by atomic mass is 10.0. The van der Waals surface area contributed by atoms with E-state index in [0.29, 0.717) is 5.92 Å². The molecule has 2 rings (SSSR count). The lowest BCUT2D eigenvalue weighted by Gasteiger charge is -2.16. The van der Waals surface area contributed by atoms with Gasteiger partial charge in [0.1, 0.15) is 5.82 Å². The normalized spacial score (nSPS) is 13.4. The van der Waals surface area contributed by atoms with E-state index in [0.717, 1.165) is 41.3 Å². The molecule has 4 heteroatoms. The number of halogens is 1. The summed E-state index contributed by atoms with van der Waals surface area (Å²) in [6, 6.07) is 5.84. The van der Waals surface area contributed by atoms with Crippen LogP contribution >= 0.6 is 11.6 Å². The van der Waals surface area contributed by atoms with Crippen LogP contribution in [0.5, 0.6) is 0 Å². The highest BCUT2D eigenvalue weighted by molar-refractivity contribution is 6.31. The van der Waals surface area contributed by atoms with Crippen LogP contribution in [0.25, 0.3) is 11.0 Å². The molecule has 0 saturated carbocycles. The van der Waals surface area contributed by atoms with Crippen molar-refractivity contribution < 1.29 is 0 Å². The molecule has 19 heavy (non-hydrogen) atoms. The number of hydrogen-bond acceptors (Lipinski definition) is 2. The molecule has 1 aromatic heterocycles. The molecule has 0 aliphatic carbocycles. The molecule has 0 fully saturated rings. The summed E-state index contributed by atoms with van der Waals surface area (Å²) in [7, 11) is 0. The lowest BCUT2D eigenvalue weighted by molar-refractivity contribution is 0.475. The van der Waals surface area contributed by atoms with Crippen LogP contribution in [0.2, 0.25) is 5.02 Å². The molecule has 1 atom stereocenters. The van der Waals surface area contributed by atoms with Crippen molar-refractivity contribution in [2.45, 2.75) is 46.2 Å². The number of aryl methyl sites for hydroxylation is 1. The zero-order valence-corrected chi connectivity index (χ0v) is 12.6. The summed E-state index contributed by atoms with van der Waals surface area (Å²) < 4.78 is 2.23. The molecule has 0 aliphatic heterocycles. The van der Waals surface area contributed by atoms with Crippen LogP contribution in [0.3, 0.4) is 0 Å². The van der Waals surface area contributed by atoms with Crippen molar-refractivity contribution in [3.8, 4) is 0 Å². The Morgan fingerprint density at radius 3 is 2.74 bits per heavy atom. The average molecular weight is 280 g/mol. The number of rotatable bonds is 5. The van der Waals surface area contributed by atoms with Crippen molar-refractivity contribution in [1.29, 1.82) is 0 Å². The Morgan fingerprint density at radius 2 is 2.11 bits per heavy atom. The van der Waals surface area contributed by atoms with Gasteiger partial charge in [0.2, 0.25) is 0 Å². The predicted molar refractivity (Wildman–Crippen MR) is 81.4 cm³/mol. The van der Waals surface area contributed by atoms with Gasteiger partial charge in [0.25, 0.3) is 0 Å². The van der Waals surface area contributed by atoms with Crippen LogP contribution in [0.4, 0.5) is 0 Å². The van der Waals surface area contributed by atoms with Gasteiger partial charge in [0, 0.05) is 11.6 Å². The molecule has 0 bridgehead atoms. The van der Waals surface area contributed by atoms with Gasteiger partial charge in [0.05, 0.1) is 17.1 Å². The number of aromatic nitrogens is 2. The number of nitrogens with zero attached hydrogens (tertiary/aromatic N) is 2. The van der Waals surface area contributed by atoms with Crippen molar-refractivity contribution in [1.82, 2.24) is 9.55 Å². The monoisotopic (exact) mass is 279 g/mol. The molecule has 1 heterocycles. The molecule has 0 saturated heterocycles. The van der Waals surface area contributed by atoms with Crippen molar-refractivity contribution in [2.75, 3.05) is 0 Å². The van der Waals surface area contributed by atoms with Gasteiger partial charge in [-0.15, -0.1) is 0 Å². The number of benzene rings is 1. The summed E-state index contributed by atoms with van der Waals surface area (Å²) in [6.07, 6.45) is 2.01. The van der Waals surface area contributed by atoms with Gasteiger partial charge in [-0.2, -0.15) is 0 Å². The molecular weight excluding hydrogens is 258 g/mol. The Labute approximate surface area is 119 Å². The lowest BCUT2D eigenvalue weighted by Crippen LogP contribution is -2.18. The highest BCUT2D eigenvalue weighted by atomic mass is 35.5. The first-order chi connectivity index (χ1) is 9.02. The average Bonchev–Trinajstić information content (AvgIpc) is 2.67. The van der Waals surface area contributed by atoms with Gasteiger partial charge in [-0.25, -0.2) is 4.98 Å². The van der Waals surface area contributed by atoms with E-state index in [9.17, 15) is 0 Å². The van der Waals surface area contributed by atoms with Gasteiger partial charge in [0.15, 0.2) is 0 Å². The molecule has 3 nitrogen and oxygen atoms in total. The molecule has 0 amide bonds. The fourth-order valence-corrected chi connectivity index (χ4v) is 2.64. The highest BCUT2D eigenvalue weighted by Crippen LogP contribution is 2.26. The van der Waals surface area contributed by atoms with E-state index in [2.05, 4.69) is 25.3 Å². The van der Waals surface area contributed by atoms with E-state index >= 15 is 0 Å². The third-order valence-corrected chi connectivity index (χ3v) is 3.48. The third kappa shape index (κ3) is 3.10. The number of fused-ring (bicyclic) bond motifs is 1. The van der Waals surface area contributed by atoms with Crippen LogP contribution in [0, 0.1) is 5.92 Å². The van der Waals surface area contributed by atoms with Gasteiger partial charge < -0.3 is 10.3 Å². The second kappa shape index (κ2) is 5.93. The summed E-state index contributed by atoms with van der Waals surface area (Å²) in [4.78, 5) is 4.70. The molecule has 2 aromatic rings. The summed E-state index contributed by atoms with van der Waals surface area (Å²) in [5.74, 6) is 1.54. The van der Waals surface area contributed by atoms with E-state index in [-0.39, 0.29) is 6.04 Å². The molecule has 2 N–H and O–H groups in total. The predicted octanol–water partition coefficient (Wildman–Crippen LogP) is 4.15. The third-order valence-electron chi connectivity index (χ3n) is 3.24. The van der Waals surface area contributed by atoms with E-state index in [1.807, 2.05) is 18.2 Å². The van der Waals surface area contributed by atoms with Crippen molar-refractivity contribution in [2.24, 2.45) is 11.7 Å². The first-order valence-electron chi connectivity index (χ1n) is 6.94. The Hall–Kier alpha value is -1.06. The molecule has 1 aromatic carbocycles. The maximum atomic E-state index is 6.31. The molecule has 0 spiro atoms. The zero-order valence-electron chi connectivity index (χ0n) is 11.9. The van der Waals surface area contributed by atoms with Gasteiger partial charge in [-0.1, -0.05) is 32.4 Å². The first-order valence-corrected chi connectivity index (χ1v) is 7.32. The minimum Gasteiger partial charge on any atom is -0.327 e. The standard InChI is InChI=1S/C15H22ClN3/c1-4-7-19-14-6-5-11(16)9-13(14)18-15(19)12(17)8-10(2)3/h5-6,9-10,12H,4,7-8,17H2,1-3H3. The number of nitrogens with two attached hydrogens (primary N) is 1. The van der Waals surface area contributed by atoms with Crippen LogP contribution < -0.4 is 5.73 Å². The summed E-state index contributed by atoms with van der Waals surface area (Å²) in [6.45, 7) is 7.48. The Bertz CT molecular complexity index is 560. The topological polar surface area (TPSA) is 43.8 Å². The largest absolute Gasteiger partial charge is 0.327 e. The first kappa shape index (κ1) is 14.4. The summed E-state index contributed by atoms with van der Waals surface area (Å²) >= 11 is 6.04. The fourth-order valence-electron chi connectivity index (χ4n) is 2.48. The van der Waals surface area contributed by atoms with Crippen molar-refractivity contribution in [3.63, 3.8) is 0 Å². The second-order valence-corrected chi connectivity index (χ2v) is 5.93. The minimum atomic E-state index is -0.0160. The molecular formula is C15H22ClN3.